The minimum atomic E-state index is -1.66. The van der Waals surface area contributed by atoms with Crippen LogP contribution in [-0.2, 0) is 33.9 Å². The van der Waals surface area contributed by atoms with E-state index in [-0.39, 0.29) is 51.1 Å². The monoisotopic (exact) mass is 818 g/mol. The molecule has 0 aromatic heterocycles. The molecule has 12 nitrogen and oxygen atoms in total. The van der Waals surface area contributed by atoms with E-state index in [1.54, 1.807) is 13.2 Å². The molecule has 56 heavy (non-hydrogen) atoms. The molecule has 302 valence electrons. The minimum absolute atomic E-state index is 0.0257. The van der Waals surface area contributed by atoms with Crippen LogP contribution in [0.15, 0.2) is 59.6 Å². The number of nitrogens with one attached hydrogen (secondary N) is 2. The summed E-state index contributed by atoms with van der Waals surface area (Å²) in [7, 11) is 2.97. The first kappa shape index (κ1) is 44.4. The van der Waals surface area contributed by atoms with Gasteiger partial charge in [0.05, 0.1) is 68.8 Å². The van der Waals surface area contributed by atoms with Crippen LogP contribution in [0.2, 0.25) is 10.0 Å². The molecule has 3 aromatic carbocycles. The molecule has 1 fully saturated rings. The van der Waals surface area contributed by atoms with Crippen molar-refractivity contribution < 1.29 is 46.8 Å². The quantitative estimate of drug-likeness (QED) is 0.0553. The first-order valence-electron chi connectivity index (χ1n) is 17.8. The summed E-state index contributed by atoms with van der Waals surface area (Å²) >= 11 is 12.4. The van der Waals surface area contributed by atoms with Crippen molar-refractivity contribution in [3.63, 3.8) is 0 Å². The summed E-state index contributed by atoms with van der Waals surface area (Å²) < 4.78 is 62.9. The van der Waals surface area contributed by atoms with E-state index in [1.165, 1.54) is 55.9 Å². The van der Waals surface area contributed by atoms with Gasteiger partial charge in [0.2, 0.25) is 0 Å². The number of esters is 2. The average Bonchev–Trinajstić information content (AvgIpc) is 3.45. The number of hydrogen-bond donors (Lipinski definition) is 2. The Labute approximate surface area is 335 Å². The highest BCUT2D eigenvalue weighted by Gasteiger charge is 2.59. The van der Waals surface area contributed by atoms with Crippen molar-refractivity contribution in [1.82, 2.24) is 5.32 Å². The number of rotatable bonds is 19. The maximum Gasteiger partial charge on any atom is 0.344 e. The van der Waals surface area contributed by atoms with Gasteiger partial charge in [-0.25, -0.2) is 18.4 Å². The predicted molar refractivity (Wildman–Crippen MR) is 207 cm³/mol. The normalized spacial score (nSPS) is 19.5. The molecule has 0 aliphatic carbocycles. The van der Waals surface area contributed by atoms with Crippen molar-refractivity contribution in [2.24, 2.45) is 10.4 Å². The Morgan fingerprint density at radius 3 is 2.36 bits per heavy atom. The summed E-state index contributed by atoms with van der Waals surface area (Å²) in [6.07, 6.45) is 0.783. The van der Waals surface area contributed by atoms with Crippen LogP contribution in [0, 0.1) is 28.4 Å². The lowest BCUT2D eigenvalue weighted by Gasteiger charge is -2.37. The number of anilines is 1. The van der Waals surface area contributed by atoms with Gasteiger partial charge in [-0.05, 0) is 53.8 Å². The average molecular weight is 820 g/mol. The zero-order chi connectivity index (χ0) is 40.9. The molecule has 0 radical (unpaired) electrons. The molecular formula is C40H46Cl2F2N4O8. The van der Waals surface area contributed by atoms with Crippen LogP contribution in [0.4, 0.5) is 14.5 Å². The second kappa shape index (κ2) is 20.7. The van der Waals surface area contributed by atoms with Crippen LogP contribution in [-0.4, -0.2) is 91.0 Å². The van der Waals surface area contributed by atoms with Crippen molar-refractivity contribution in [2.45, 2.75) is 50.7 Å². The third kappa shape index (κ3) is 11.4. The molecule has 1 saturated heterocycles. The lowest BCUT2D eigenvalue weighted by atomic mass is 9.63. The minimum Gasteiger partial charge on any atom is -0.495 e. The van der Waals surface area contributed by atoms with Crippen LogP contribution in [0.5, 0.6) is 5.75 Å². The first-order chi connectivity index (χ1) is 26.7. The lowest BCUT2D eigenvalue weighted by Crippen LogP contribution is -2.44. The van der Waals surface area contributed by atoms with Gasteiger partial charge in [0.1, 0.15) is 35.6 Å². The fraction of sp³-hybridized carbons (Fsp3) is 0.450. The Bertz CT molecular complexity index is 1890. The SMILES string of the molecule is COCCOCCOCCOC(=O)COC(=O)c1ccc(NC=N[C@@H]2N[C@@H](CC(C)(C)C)[C@](C#N)(c3ccc(Cl)cc3F)[C@H]2c2cccc(Cl)c2F)c(OC)c1. The van der Waals surface area contributed by atoms with Crippen molar-refractivity contribution in [2.75, 3.05) is 65.8 Å². The van der Waals surface area contributed by atoms with Crippen molar-refractivity contribution in [1.29, 1.82) is 5.26 Å². The van der Waals surface area contributed by atoms with Crippen molar-refractivity contribution >= 4 is 47.2 Å². The van der Waals surface area contributed by atoms with E-state index in [2.05, 4.69) is 16.7 Å². The Kier molecular flexibility index (Phi) is 16.4. The summed E-state index contributed by atoms with van der Waals surface area (Å²) in [6.45, 7) is 7.10. The molecular weight excluding hydrogens is 773 g/mol. The Morgan fingerprint density at radius 1 is 0.982 bits per heavy atom. The van der Waals surface area contributed by atoms with Crippen molar-refractivity contribution in [3.05, 3.63) is 93.0 Å². The number of nitrogens with zero attached hydrogens (tertiary/aromatic N) is 2. The molecule has 0 amide bonds. The van der Waals surface area contributed by atoms with Crippen LogP contribution in [0.25, 0.3) is 0 Å². The van der Waals surface area contributed by atoms with E-state index >= 15 is 8.78 Å². The molecule has 4 rings (SSSR count). The van der Waals surface area contributed by atoms with Crippen LogP contribution in [0.1, 0.15) is 54.6 Å². The van der Waals surface area contributed by atoms with E-state index in [0.717, 1.165) is 6.07 Å². The predicted octanol–water partition coefficient (Wildman–Crippen LogP) is 7.08. The molecule has 0 spiro atoms. The molecule has 1 aliphatic rings. The van der Waals surface area contributed by atoms with E-state index in [9.17, 15) is 14.9 Å². The molecule has 0 saturated carbocycles. The maximum absolute atomic E-state index is 15.9. The van der Waals surface area contributed by atoms with Gasteiger partial charge < -0.3 is 33.7 Å². The number of carbonyl (C=O) groups is 2. The van der Waals surface area contributed by atoms with Crippen molar-refractivity contribution in [3.8, 4) is 11.8 Å². The maximum atomic E-state index is 15.9. The van der Waals surface area contributed by atoms with Gasteiger partial charge in [-0.15, -0.1) is 0 Å². The summed E-state index contributed by atoms with van der Waals surface area (Å²) in [4.78, 5) is 29.5. The van der Waals surface area contributed by atoms with Gasteiger partial charge in [-0.2, -0.15) is 5.26 Å². The molecule has 4 atom stereocenters. The van der Waals surface area contributed by atoms with E-state index in [0.29, 0.717) is 38.5 Å². The number of hydrogen-bond acceptors (Lipinski definition) is 11. The van der Waals surface area contributed by atoms with Crippen LogP contribution < -0.4 is 15.4 Å². The van der Waals surface area contributed by atoms with Crippen LogP contribution >= 0.6 is 23.2 Å². The van der Waals surface area contributed by atoms with Gasteiger partial charge in [0, 0.05) is 29.7 Å². The molecule has 16 heteroatoms. The number of aliphatic imine (C=N–C) groups is 1. The Hall–Kier alpha value is -4.36. The Balaban J connectivity index is 1.50. The molecule has 1 heterocycles. The topological polar surface area (TPSA) is 150 Å². The summed E-state index contributed by atoms with van der Waals surface area (Å²) in [5.74, 6) is -3.83. The van der Waals surface area contributed by atoms with Gasteiger partial charge in [0.15, 0.2) is 6.61 Å². The number of methoxy groups -OCH3 is 2. The summed E-state index contributed by atoms with van der Waals surface area (Å²) in [5, 5.41) is 17.4. The molecule has 1 aliphatic heterocycles. The standard InChI is InChI=1S/C40H46Cl2F2N4O8/c1-39(2,3)21-33-40(23-45,28-11-10-26(41)20-30(28)43)35(27-7-6-8-29(42)36(27)44)37(48-33)47-24-46-31-12-9-25(19-32(31)52-5)38(50)56-22-34(49)55-18-17-54-16-15-53-14-13-51-4/h6-12,19-20,24,33,35,37,48H,13-18,21-22H2,1-5H3,(H,46,47)/t33-,35-,37+,40-/m0/s1. The molecule has 0 bridgehead atoms. The number of benzene rings is 3. The fourth-order valence-electron chi connectivity index (χ4n) is 6.48. The number of carbonyl (C=O) groups excluding carboxylic acids is 2. The summed E-state index contributed by atoms with van der Waals surface area (Å²) in [6, 6.07) is 14.6. The van der Waals surface area contributed by atoms with Crippen LogP contribution in [0.3, 0.4) is 0 Å². The highest BCUT2D eigenvalue weighted by Crippen LogP contribution is 2.53. The lowest BCUT2D eigenvalue weighted by molar-refractivity contribution is -0.148. The Morgan fingerprint density at radius 2 is 1.70 bits per heavy atom. The smallest absolute Gasteiger partial charge is 0.344 e. The van der Waals surface area contributed by atoms with Gasteiger partial charge in [-0.3, -0.25) is 10.3 Å². The zero-order valence-corrected chi connectivity index (χ0v) is 33.3. The third-order valence-corrected chi connectivity index (χ3v) is 9.46. The zero-order valence-electron chi connectivity index (χ0n) is 31.8. The van der Waals surface area contributed by atoms with E-state index in [1.807, 2.05) is 20.8 Å². The molecule has 2 N–H and O–H groups in total. The number of halogens is 4. The first-order valence-corrected chi connectivity index (χ1v) is 18.5. The molecule has 3 aromatic rings. The number of nitriles is 1. The second-order valence-electron chi connectivity index (χ2n) is 14.0. The largest absolute Gasteiger partial charge is 0.495 e. The van der Waals surface area contributed by atoms with Gasteiger partial charge in [0.25, 0.3) is 0 Å². The summed E-state index contributed by atoms with van der Waals surface area (Å²) in [5.41, 5.74) is -1.39. The van der Waals surface area contributed by atoms with E-state index < -0.39 is 53.7 Å². The number of ether oxygens (including phenoxy) is 6. The third-order valence-electron chi connectivity index (χ3n) is 8.93. The molecule has 0 unspecified atom stereocenters. The highest BCUT2D eigenvalue weighted by atomic mass is 35.5. The second-order valence-corrected chi connectivity index (χ2v) is 14.8. The van der Waals surface area contributed by atoms with Gasteiger partial charge >= 0.3 is 11.9 Å². The van der Waals surface area contributed by atoms with E-state index in [4.69, 9.17) is 56.6 Å². The highest BCUT2D eigenvalue weighted by molar-refractivity contribution is 6.31. The van der Waals surface area contributed by atoms with Gasteiger partial charge in [-0.1, -0.05) is 62.2 Å². The fourth-order valence-corrected chi connectivity index (χ4v) is 6.82.